The Morgan fingerprint density at radius 3 is 2.36 bits per heavy atom. The maximum Gasteiger partial charge on any atom is 0.325 e. The molecule has 4 heteroatoms. The van der Waals surface area contributed by atoms with Gasteiger partial charge in [-0.05, 0) is 19.3 Å². The van der Waals surface area contributed by atoms with Crippen molar-refractivity contribution < 1.29 is 14.3 Å². The second-order valence-corrected chi connectivity index (χ2v) is 3.90. The molecule has 0 saturated heterocycles. The summed E-state index contributed by atoms with van der Waals surface area (Å²) >= 11 is 0. The molecule has 0 saturated carbocycles. The molecule has 4 nitrogen and oxygen atoms in total. The quantitative estimate of drug-likeness (QED) is 0.652. The van der Waals surface area contributed by atoms with Gasteiger partial charge in [0.1, 0.15) is 6.04 Å². The summed E-state index contributed by atoms with van der Waals surface area (Å²) < 4.78 is 9.89. The number of hydrogen-bond donors (Lipinski definition) is 1. The molecule has 0 heterocycles. The number of nitrogens with two attached hydrogens (primary N) is 1. The summed E-state index contributed by atoms with van der Waals surface area (Å²) in [5, 5.41) is 0. The number of carbonyl (C=O) groups is 1. The van der Waals surface area contributed by atoms with Gasteiger partial charge in [-0.15, -0.1) is 0 Å². The van der Waals surface area contributed by atoms with Crippen LogP contribution >= 0.6 is 0 Å². The highest BCUT2D eigenvalue weighted by molar-refractivity contribution is 5.75. The average Bonchev–Trinajstić information content (AvgIpc) is 2.11. The maximum atomic E-state index is 10.9. The van der Waals surface area contributed by atoms with E-state index in [9.17, 15) is 4.79 Å². The first-order chi connectivity index (χ1) is 6.47. The van der Waals surface area contributed by atoms with Gasteiger partial charge >= 0.3 is 5.97 Å². The predicted octanol–water partition coefficient (Wildman–Crippen LogP) is 0.938. The number of ether oxygens (including phenoxy) is 2. The number of methoxy groups -OCH3 is 1. The smallest absolute Gasteiger partial charge is 0.325 e. The second kappa shape index (κ2) is 6.79. The zero-order chi connectivity index (χ0) is 11.1. The summed E-state index contributed by atoms with van der Waals surface area (Å²) in [5.41, 5.74) is 5.51. The molecule has 0 spiro atoms. The third-order valence-electron chi connectivity index (χ3n) is 1.87. The number of carbonyl (C=O) groups excluding carboxylic acids is 1. The maximum absolute atomic E-state index is 10.9. The van der Waals surface area contributed by atoms with Crippen molar-refractivity contribution in [2.75, 3.05) is 13.7 Å². The molecular formula is C10H21NO3. The molecule has 0 rings (SSSR count). The summed E-state index contributed by atoms with van der Waals surface area (Å²) in [6.07, 6.45) is 1.10. The fraction of sp³-hybridized carbons (Fsp3) is 0.900. The Bertz CT molecular complexity index is 171. The van der Waals surface area contributed by atoms with Gasteiger partial charge in [0.15, 0.2) is 0 Å². The van der Waals surface area contributed by atoms with Crippen LogP contribution in [0.5, 0.6) is 0 Å². The predicted molar refractivity (Wildman–Crippen MR) is 54.9 cm³/mol. The molecule has 2 atom stereocenters. The molecule has 14 heavy (non-hydrogen) atoms. The largest absolute Gasteiger partial charge is 0.468 e. The van der Waals surface area contributed by atoms with Crippen molar-refractivity contribution in [1.29, 1.82) is 0 Å². The molecule has 0 amide bonds. The van der Waals surface area contributed by atoms with Gasteiger partial charge in [0, 0.05) is 0 Å². The lowest BCUT2D eigenvalue weighted by Crippen LogP contribution is -2.37. The van der Waals surface area contributed by atoms with Crippen LogP contribution in [0.3, 0.4) is 0 Å². The SMILES string of the molecule is COC(=O)C(N)COC(C)CC(C)C. The van der Waals surface area contributed by atoms with Gasteiger partial charge in [-0.25, -0.2) is 0 Å². The van der Waals surface area contributed by atoms with Crippen molar-refractivity contribution >= 4 is 5.97 Å². The van der Waals surface area contributed by atoms with Crippen LogP contribution in [0.1, 0.15) is 27.2 Å². The summed E-state index contributed by atoms with van der Waals surface area (Å²) in [6.45, 7) is 6.45. The Hall–Kier alpha value is -0.610. The minimum absolute atomic E-state index is 0.130. The fourth-order valence-corrected chi connectivity index (χ4v) is 1.22. The molecule has 0 aromatic carbocycles. The van der Waals surface area contributed by atoms with E-state index >= 15 is 0 Å². The second-order valence-electron chi connectivity index (χ2n) is 3.90. The summed E-state index contributed by atoms with van der Waals surface area (Å²) in [7, 11) is 1.32. The van der Waals surface area contributed by atoms with E-state index in [1.54, 1.807) is 0 Å². The van der Waals surface area contributed by atoms with Crippen molar-refractivity contribution in [3.8, 4) is 0 Å². The molecular weight excluding hydrogens is 182 g/mol. The van der Waals surface area contributed by atoms with Gasteiger partial charge in [-0.1, -0.05) is 13.8 Å². The van der Waals surface area contributed by atoms with E-state index in [4.69, 9.17) is 10.5 Å². The third-order valence-corrected chi connectivity index (χ3v) is 1.87. The van der Waals surface area contributed by atoms with E-state index in [0.29, 0.717) is 5.92 Å². The summed E-state index contributed by atoms with van der Waals surface area (Å²) in [4.78, 5) is 10.9. The van der Waals surface area contributed by atoms with Crippen molar-refractivity contribution in [2.24, 2.45) is 11.7 Å². The van der Waals surface area contributed by atoms with E-state index < -0.39 is 12.0 Å². The van der Waals surface area contributed by atoms with E-state index in [1.165, 1.54) is 7.11 Å². The zero-order valence-electron chi connectivity index (χ0n) is 9.45. The van der Waals surface area contributed by atoms with Gasteiger partial charge < -0.3 is 15.2 Å². The molecule has 2 unspecified atom stereocenters. The number of rotatable bonds is 6. The normalized spacial score (nSPS) is 15.3. The van der Waals surface area contributed by atoms with Crippen LogP contribution in [-0.4, -0.2) is 31.8 Å². The molecule has 0 bridgehead atoms. The van der Waals surface area contributed by atoms with Crippen molar-refractivity contribution in [1.82, 2.24) is 0 Å². The standard InChI is InChI=1S/C10H21NO3/c1-7(2)5-8(3)14-6-9(11)10(12)13-4/h7-9H,5-6,11H2,1-4H3. The first-order valence-corrected chi connectivity index (χ1v) is 4.92. The Morgan fingerprint density at radius 1 is 1.36 bits per heavy atom. The first-order valence-electron chi connectivity index (χ1n) is 4.92. The van der Waals surface area contributed by atoms with Crippen LogP contribution in [0.25, 0.3) is 0 Å². The van der Waals surface area contributed by atoms with Crippen LogP contribution in [0.4, 0.5) is 0 Å². The highest BCUT2D eigenvalue weighted by Crippen LogP contribution is 2.07. The lowest BCUT2D eigenvalue weighted by Gasteiger charge is -2.17. The van der Waals surface area contributed by atoms with Gasteiger partial charge in [0.25, 0.3) is 0 Å². The topological polar surface area (TPSA) is 61.5 Å². The van der Waals surface area contributed by atoms with Crippen molar-refractivity contribution in [2.45, 2.75) is 39.3 Å². The van der Waals surface area contributed by atoms with Gasteiger partial charge in [0.2, 0.25) is 0 Å². The average molecular weight is 203 g/mol. The van der Waals surface area contributed by atoms with Crippen molar-refractivity contribution in [3.63, 3.8) is 0 Å². The third kappa shape index (κ3) is 5.94. The molecule has 2 N–H and O–H groups in total. The van der Waals surface area contributed by atoms with Crippen LogP contribution in [0, 0.1) is 5.92 Å². The van der Waals surface area contributed by atoms with E-state index in [0.717, 1.165) is 6.42 Å². The highest BCUT2D eigenvalue weighted by Gasteiger charge is 2.15. The Kier molecular flexibility index (Phi) is 6.49. The Labute approximate surface area is 85.8 Å². The zero-order valence-corrected chi connectivity index (χ0v) is 9.45. The molecule has 0 radical (unpaired) electrons. The highest BCUT2D eigenvalue weighted by atomic mass is 16.5. The van der Waals surface area contributed by atoms with Gasteiger partial charge in [-0.3, -0.25) is 4.79 Å². The minimum atomic E-state index is -0.672. The molecule has 0 fully saturated rings. The number of esters is 1. The lowest BCUT2D eigenvalue weighted by atomic mass is 10.1. The molecule has 0 aromatic heterocycles. The Morgan fingerprint density at radius 2 is 1.93 bits per heavy atom. The van der Waals surface area contributed by atoms with E-state index in [2.05, 4.69) is 18.6 Å². The van der Waals surface area contributed by atoms with Gasteiger partial charge in [-0.2, -0.15) is 0 Å². The van der Waals surface area contributed by atoms with Crippen LogP contribution < -0.4 is 5.73 Å². The first kappa shape index (κ1) is 13.4. The van der Waals surface area contributed by atoms with Crippen LogP contribution in [0.15, 0.2) is 0 Å². The molecule has 0 aromatic rings. The summed E-state index contributed by atoms with van der Waals surface area (Å²) in [6, 6.07) is -0.672. The molecule has 0 aliphatic rings. The van der Waals surface area contributed by atoms with Crippen LogP contribution in [-0.2, 0) is 14.3 Å². The molecule has 0 aliphatic carbocycles. The van der Waals surface area contributed by atoms with Crippen molar-refractivity contribution in [3.05, 3.63) is 0 Å². The van der Waals surface area contributed by atoms with E-state index in [1.807, 2.05) is 6.92 Å². The number of hydrogen-bond acceptors (Lipinski definition) is 4. The summed E-state index contributed by atoms with van der Waals surface area (Å²) in [5.74, 6) is 0.154. The van der Waals surface area contributed by atoms with E-state index in [-0.39, 0.29) is 12.7 Å². The fourth-order valence-electron chi connectivity index (χ4n) is 1.22. The lowest BCUT2D eigenvalue weighted by molar-refractivity contribution is -0.144. The van der Waals surface area contributed by atoms with Crippen LogP contribution in [0.2, 0.25) is 0 Å². The Balaban J connectivity index is 3.65. The van der Waals surface area contributed by atoms with Gasteiger partial charge in [0.05, 0.1) is 19.8 Å². The molecule has 0 aliphatic heterocycles. The monoisotopic (exact) mass is 203 g/mol. The minimum Gasteiger partial charge on any atom is -0.468 e. The molecule has 84 valence electrons.